The number of benzene rings is 2. The number of aromatic nitrogens is 2. The molecule has 1 aromatic heterocycles. The molecule has 220 valence electrons. The highest BCUT2D eigenvalue weighted by Gasteiger charge is 2.35. The van der Waals surface area contributed by atoms with Gasteiger partial charge in [0.2, 0.25) is 0 Å². The Morgan fingerprint density at radius 1 is 0.875 bits per heavy atom. The highest BCUT2D eigenvalue weighted by atomic mass is 32.1. The van der Waals surface area contributed by atoms with Crippen LogP contribution in [0, 0.1) is 0 Å². The maximum Gasteiger partial charge on any atom is 0.469 e. The van der Waals surface area contributed by atoms with E-state index in [1.54, 1.807) is 6.92 Å². The van der Waals surface area contributed by atoms with Crippen LogP contribution in [-0.2, 0) is 21.4 Å². The topological polar surface area (TPSA) is 111 Å². The van der Waals surface area contributed by atoms with E-state index in [0.29, 0.717) is 24.3 Å². The number of unbranched alkanes of at least 4 members (excludes halogenated alkanes) is 2. The first-order valence-corrected chi connectivity index (χ1v) is 14.2. The van der Waals surface area contributed by atoms with Crippen LogP contribution < -0.4 is 9.47 Å². The number of phosphoric acid groups is 1. The second kappa shape index (κ2) is 13.3. The maximum absolute atomic E-state index is 13.7. The van der Waals surface area contributed by atoms with E-state index in [1.807, 2.05) is 0 Å². The summed E-state index contributed by atoms with van der Waals surface area (Å²) in [6.45, 7) is 1.17. The van der Waals surface area contributed by atoms with Gasteiger partial charge >= 0.3 is 20.2 Å². The molecule has 3 aromatic rings. The van der Waals surface area contributed by atoms with Crippen molar-refractivity contribution in [1.29, 1.82) is 0 Å². The third-order valence-electron chi connectivity index (χ3n) is 5.38. The zero-order chi connectivity index (χ0) is 29.6. The summed E-state index contributed by atoms with van der Waals surface area (Å²) in [6.07, 6.45) is -8.11. The molecule has 2 aromatic carbocycles. The van der Waals surface area contributed by atoms with Crippen LogP contribution in [0.4, 0.5) is 26.3 Å². The summed E-state index contributed by atoms with van der Waals surface area (Å²) < 4.78 is 106. The highest BCUT2D eigenvalue weighted by molar-refractivity contribution is 7.46. The van der Waals surface area contributed by atoms with Crippen LogP contribution in [-0.4, -0.2) is 39.8 Å². The summed E-state index contributed by atoms with van der Waals surface area (Å²) in [5, 5.41) is 8.26. The van der Waals surface area contributed by atoms with Crippen LogP contribution in [0.2, 0.25) is 0 Å². The van der Waals surface area contributed by atoms with Gasteiger partial charge in [-0.2, -0.15) is 26.3 Å². The Labute approximate surface area is 229 Å². The fourth-order valence-corrected chi connectivity index (χ4v) is 4.71. The second-order valence-electron chi connectivity index (χ2n) is 8.59. The van der Waals surface area contributed by atoms with Crippen LogP contribution in [0.3, 0.4) is 0 Å². The minimum Gasteiger partial charge on any atom is -0.493 e. The lowest BCUT2D eigenvalue weighted by Gasteiger charge is -2.15. The molecule has 0 bridgehead atoms. The SMILES string of the molecule is C[C@H](COP(=O)(O)O)c1nnc(-c2ccc(OCCCCCOc3ccccc3C(F)(F)F)c(C(F)(F)F)c2)s1. The third-order valence-corrected chi connectivity index (χ3v) is 7.07. The summed E-state index contributed by atoms with van der Waals surface area (Å²) >= 11 is 0.962. The molecule has 0 unspecified atom stereocenters. The van der Waals surface area contributed by atoms with Gasteiger partial charge in [-0.1, -0.05) is 30.4 Å². The summed E-state index contributed by atoms with van der Waals surface area (Å²) in [5.41, 5.74) is -1.77. The monoisotopic (exact) mass is 614 g/mol. The highest BCUT2D eigenvalue weighted by Crippen LogP contribution is 2.41. The van der Waals surface area contributed by atoms with E-state index in [1.165, 1.54) is 24.3 Å². The lowest BCUT2D eigenvalue weighted by molar-refractivity contribution is -0.139. The molecule has 1 atom stereocenters. The minimum atomic E-state index is -4.73. The minimum absolute atomic E-state index is 0.00345. The first kappa shape index (κ1) is 31.8. The fourth-order valence-electron chi connectivity index (χ4n) is 3.41. The zero-order valence-electron chi connectivity index (χ0n) is 20.9. The predicted molar refractivity (Wildman–Crippen MR) is 133 cm³/mol. The van der Waals surface area contributed by atoms with Crippen LogP contribution in [0.15, 0.2) is 42.5 Å². The second-order valence-corrected chi connectivity index (χ2v) is 10.8. The number of nitrogens with zero attached hydrogens (tertiary/aromatic N) is 2. The van der Waals surface area contributed by atoms with E-state index in [9.17, 15) is 30.9 Å². The van der Waals surface area contributed by atoms with Crippen molar-refractivity contribution in [3.63, 3.8) is 0 Å². The molecule has 0 aliphatic rings. The van der Waals surface area contributed by atoms with Crippen LogP contribution >= 0.6 is 19.2 Å². The van der Waals surface area contributed by atoms with Gasteiger partial charge in [-0.05, 0) is 49.6 Å². The van der Waals surface area contributed by atoms with Gasteiger partial charge in [0.1, 0.15) is 21.5 Å². The third kappa shape index (κ3) is 9.44. The Morgan fingerprint density at radius 2 is 1.48 bits per heavy atom. The van der Waals surface area contributed by atoms with E-state index < -0.39 is 37.2 Å². The van der Waals surface area contributed by atoms with Gasteiger partial charge in [0.05, 0.1) is 30.9 Å². The van der Waals surface area contributed by atoms with Gasteiger partial charge in [-0.3, -0.25) is 4.52 Å². The molecule has 16 heteroatoms. The number of alkyl halides is 6. The largest absolute Gasteiger partial charge is 0.493 e. The van der Waals surface area contributed by atoms with Crippen molar-refractivity contribution in [3.8, 4) is 22.1 Å². The molecular formula is C24H25F6N2O6PS. The molecule has 0 fully saturated rings. The van der Waals surface area contributed by atoms with Crippen molar-refractivity contribution in [2.24, 2.45) is 0 Å². The molecule has 2 N–H and O–H groups in total. The summed E-state index contributed by atoms with van der Waals surface area (Å²) in [6, 6.07) is 8.25. The van der Waals surface area contributed by atoms with Crippen molar-refractivity contribution in [3.05, 3.63) is 58.6 Å². The molecule has 0 saturated heterocycles. The fraction of sp³-hybridized carbons (Fsp3) is 0.417. The van der Waals surface area contributed by atoms with Gasteiger partial charge in [0.25, 0.3) is 0 Å². The van der Waals surface area contributed by atoms with Crippen molar-refractivity contribution >= 4 is 19.2 Å². The number of hydrogen-bond acceptors (Lipinski definition) is 7. The number of para-hydroxylation sites is 1. The lowest BCUT2D eigenvalue weighted by atomic mass is 10.1. The van der Waals surface area contributed by atoms with Crippen LogP contribution in [0.25, 0.3) is 10.6 Å². The average molecular weight is 615 g/mol. The van der Waals surface area contributed by atoms with E-state index >= 15 is 0 Å². The number of rotatable bonds is 13. The number of hydrogen-bond donors (Lipinski definition) is 2. The molecule has 0 spiro atoms. The van der Waals surface area contributed by atoms with Gasteiger partial charge in [-0.15, -0.1) is 10.2 Å². The molecule has 0 aliphatic carbocycles. The van der Waals surface area contributed by atoms with Crippen molar-refractivity contribution in [2.75, 3.05) is 19.8 Å². The normalized spacial score (nSPS) is 13.3. The molecule has 0 aliphatic heterocycles. The Bertz CT molecular complexity index is 1310. The summed E-state index contributed by atoms with van der Waals surface area (Å²) in [4.78, 5) is 17.6. The quantitative estimate of drug-likeness (QED) is 0.119. The molecule has 0 saturated carbocycles. The Balaban J connectivity index is 1.55. The summed E-state index contributed by atoms with van der Waals surface area (Å²) in [5.74, 6) is -1.24. The summed E-state index contributed by atoms with van der Waals surface area (Å²) in [7, 11) is -4.69. The van der Waals surface area contributed by atoms with E-state index in [0.717, 1.165) is 29.5 Å². The maximum atomic E-state index is 13.7. The van der Waals surface area contributed by atoms with Gasteiger partial charge in [0, 0.05) is 11.5 Å². The first-order valence-electron chi connectivity index (χ1n) is 11.8. The standard InChI is InChI=1S/C24H25F6N2O6PS/c1-15(14-38-39(33,34)35)21-31-32-22(40-21)16-9-10-20(18(13-16)24(28,29)30)37-12-6-2-5-11-36-19-8-4-3-7-17(19)23(25,26)27/h3-4,7-10,13,15H,2,5-6,11-12,14H2,1H3,(H2,33,34,35)/t15-/m1/s1. The molecule has 1 heterocycles. The molecule has 0 amide bonds. The first-order chi connectivity index (χ1) is 18.6. The van der Waals surface area contributed by atoms with E-state index in [2.05, 4.69) is 14.7 Å². The van der Waals surface area contributed by atoms with Crippen molar-refractivity contribution < 1.29 is 54.7 Å². The van der Waals surface area contributed by atoms with Gasteiger partial charge in [-0.25, -0.2) is 4.57 Å². The number of ether oxygens (including phenoxy) is 2. The van der Waals surface area contributed by atoms with Crippen molar-refractivity contribution in [2.45, 2.75) is 44.5 Å². The molecular weight excluding hydrogens is 589 g/mol. The van der Waals surface area contributed by atoms with Gasteiger partial charge in [0.15, 0.2) is 0 Å². The molecule has 0 radical (unpaired) electrons. The van der Waals surface area contributed by atoms with E-state index in [4.69, 9.17) is 19.3 Å². The zero-order valence-corrected chi connectivity index (χ0v) is 22.6. The molecule has 40 heavy (non-hydrogen) atoms. The van der Waals surface area contributed by atoms with Gasteiger partial charge < -0.3 is 19.3 Å². The average Bonchev–Trinajstić information content (AvgIpc) is 3.36. The Hall–Kier alpha value is -2.71. The number of phosphoric ester groups is 1. The smallest absolute Gasteiger partial charge is 0.469 e. The van der Waals surface area contributed by atoms with Crippen LogP contribution in [0.1, 0.15) is 48.2 Å². The Kier molecular flexibility index (Phi) is 10.6. The van der Waals surface area contributed by atoms with Crippen molar-refractivity contribution in [1.82, 2.24) is 10.2 Å². The molecule has 3 rings (SSSR count). The van der Waals surface area contributed by atoms with E-state index in [-0.39, 0.29) is 41.9 Å². The molecule has 8 nitrogen and oxygen atoms in total. The van der Waals surface area contributed by atoms with Crippen LogP contribution in [0.5, 0.6) is 11.5 Å². The number of halogens is 6. The predicted octanol–water partition coefficient (Wildman–Crippen LogP) is 7.08. The Morgan fingerprint density at radius 3 is 2.08 bits per heavy atom. The lowest BCUT2D eigenvalue weighted by Crippen LogP contribution is -2.10.